The molecular weight excluding hydrogens is 434 g/mol. The van der Waals surface area contributed by atoms with E-state index in [0.29, 0.717) is 18.1 Å². The van der Waals surface area contributed by atoms with E-state index in [-0.39, 0.29) is 12.1 Å². The molecule has 0 bridgehead atoms. The quantitative estimate of drug-likeness (QED) is 0.361. The number of fused-ring (bicyclic) bond motifs is 1. The maximum atomic E-state index is 12.0. The highest BCUT2D eigenvalue weighted by molar-refractivity contribution is 6.35. The van der Waals surface area contributed by atoms with Crippen LogP contribution in [0.5, 0.6) is 11.5 Å². The van der Waals surface area contributed by atoms with E-state index < -0.39 is 0 Å². The molecule has 0 aliphatic carbocycles. The first-order valence-corrected chi connectivity index (χ1v) is 11.4. The summed E-state index contributed by atoms with van der Waals surface area (Å²) in [4.78, 5) is 18.4. The van der Waals surface area contributed by atoms with Crippen LogP contribution in [0.2, 0.25) is 5.02 Å². The number of aryl methyl sites for hydroxylation is 1. The topological polar surface area (TPSA) is 54.5 Å². The number of carbonyl (C=O) groups excluding carboxylic acids is 1. The number of ether oxygens (including phenoxy) is 1. The summed E-state index contributed by atoms with van der Waals surface area (Å²) in [5, 5.41) is 4.57. The second kappa shape index (κ2) is 8.75. The van der Waals surface area contributed by atoms with Crippen molar-refractivity contribution in [2.45, 2.75) is 19.9 Å². The fourth-order valence-corrected chi connectivity index (χ4v) is 4.73. The molecule has 5 rings (SSSR count). The normalized spacial score (nSPS) is 15.7. The number of halogens is 1. The van der Waals surface area contributed by atoms with E-state index in [0.717, 1.165) is 44.7 Å². The second-order valence-electron chi connectivity index (χ2n) is 8.14. The van der Waals surface area contributed by atoms with Crippen LogP contribution in [0.3, 0.4) is 0 Å². The molecule has 3 aromatic carbocycles. The number of para-hydroxylation sites is 1. The van der Waals surface area contributed by atoms with Crippen molar-refractivity contribution in [3.05, 3.63) is 89.1 Å². The minimum Gasteiger partial charge on any atom is -0.457 e. The number of carbonyl (C=O) groups is 1. The van der Waals surface area contributed by atoms with Gasteiger partial charge in [0.05, 0.1) is 16.6 Å². The second-order valence-corrected chi connectivity index (χ2v) is 8.55. The third kappa shape index (κ3) is 4.00. The Bertz CT molecular complexity index is 1350. The Morgan fingerprint density at radius 3 is 2.67 bits per heavy atom. The molecule has 5 nitrogen and oxygen atoms in total. The lowest BCUT2D eigenvalue weighted by Crippen LogP contribution is -2.29. The third-order valence-electron chi connectivity index (χ3n) is 6.06. The van der Waals surface area contributed by atoms with Crippen LogP contribution in [-0.4, -0.2) is 29.0 Å². The van der Waals surface area contributed by atoms with Gasteiger partial charge in [-0.25, -0.2) is 4.79 Å². The lowest BCUT2D eigenvalue weighted by molar-refractivity contribution is 0.207. The molecule has 166 valence electrons. The lowest BCUT2D eigenvalue weighted by Gasteiger charge is -2.22. The molecule has 1 N–H and O–H groups in total. The number of hydrogen-bond donors (Lipinski definition) is 1. The number of pyridine rings is 1. The van der Waals surface area contributed by atoms with Crippen LogP contribution >= 0.6 is 11.6 Å². The summed E-state index contributed by atoms with van der Waals surface area (Å²) in [6, 6.07) is 21.8. The molecule has 1 aliphatic heterocycles. The molecule has 2 amide bonds. The number of urea groups is 1. The van der Waals surface area contributed by atoms with Crippen molar-refractivity contribution in [2.75, 3.05) is 13.1 Å². The highest BCUT2D eigenvalue weighted by Gasteiger charge is 2.30. The molecule has 1 aliphatic rings. The molecule has 1 atom stereocenters. The highest BCUT2D eigenvalue weighted by atomic mass is 35.5. The van der Waals surface area contributed by atoms with Crippen molar-refractivity contribution in [1.82, 2.24) is 15.2 Å². The van der Waals surface area contributed by atoms with Gasteiger partial charge in [0, 0.05) is 24.7 Å². The Balaban J connectivity index is 1.48. The number of nitrogens with one attached hydrogen (secondary N) is 1. The van der Waals surface area contributed by atoms with Crippen molar-refractivity contribution in [1.29, 1.82) is 0 Å². The fourth-order valence-electron chi connectivity index (χ4n) is 4.51. The van der Waals surface area contributed by atoms with Crippen molar-refractivity contribution >= 4 is 28.5 Å². The third-order valence-corrected chi connectivity index (χ3v) is 6.37. The van der Waals surface area contributed by atoms with E-state index in [1.54, 1.807) is 0 Å². The zero-order chi connectivity index (χ0) is 22.9. The van der Waals surface area contributed by atoms with Crippen LogP contribution in [0.1, 0.15) is 24.1 Å². The molecular formula is C27H24ClN3O2. The Labute approximate surface area is 198 Å². The molecule has 0 radical (unpaired) electrons. The molecule has 6 heteroatoms. The Morgan fingerprint density at radius 2 is 1.85 bits per heavy atom. The zero-order valence-corrected chi connectivity index (χ0v) is 19.3. The van der Waals surface area contributed by atoms with Crippen LogP contribution in [0, 0.1) is 6.92 Å². The molecule has 2 heterocycles. The zero-order valence-electron chi connectivity index (χ0n) is 18.5. The first-order chi connectivity index (χ1) is 16.0. The summed E-state index contributed by atoms with van der Waals surface area (Å²) in [5.74, 6) is 1.48. The van der Waals surface area contributed by atoms with Crippen molar-refractivity contribution in [3.63, 3.8) is 0 Å². The molecule has 1 aromatic heterocycles. The van der Waals surface area contributed by atoms with Crippen LogP contribution in [0.4, 0.5) is 4.79 Å². The number of benzene rings is 3. The summed E-state index contributed by atoms with van der Waals surface area (Å²) < 4.78 is 6.25. The van der Waals surface area contributed by atoms with E-state index >= 15 is 0 Å². The summed E-state index contributed by atoms with van der Waals surface area (Å²) in [5.41, 5.74) is 5.05. The smallest absolute Gasteiger partial charge is 0.318 e. The number of hydrogen-bond acceptors (Lipinski definition) is 3. The predicted octanol–water partition coefficient (Wildman–Crippen LogP) is 6.74. The largest absolute Gasteiger partial charge is 0.457 e. The average Bonchev–Trinajstić information content (AvgIpc) is 3.20. The number of aromatic nitrogens is 1. The van der Waals surface area contributed by atoms with Crippen LogP contribution in [0.15, 0.2) is 72.9 Å². The number of amides is 2. The van der Waals surface area contributed by atoms with Gasteiger partial charge in [-0.3, -0.25) is 4.98 Å². The van der Waals surface area contributed by atoms with Gasteiger partial charge in [0.15, 0.2) is 0 Å². The van der Waals surface area contributed by atoms with Crippen molar-refractivity contribution < 1.29 is 9.53 Å². The SMILES string of the molecule is CCN1C(=O)NCC1c1cccc(Oc2cccc(-c3c(C)cnc4c(Cl)cccc34)c2)c1. The minimum absolute atomic E-state index is 0.00738. The lowest BCUT2D eigenvalue weighted by atomic mass is 9.97. The molecule has 1 unspecified atom stereocenters. The Morgan fingerprint density at radius 1 is 1.09 bits per heavy atom. The van der Waals surface area contributed by atoms with E-state index in [1.807, 2.05) is 78.7 Å². The molecule has 1 fully saturated rings. The van der Waals surface area contributed by atoms with Gasteiger partial charge in [-0.2, -0.15) is 0 Å². The first kappa shape index (κ1) is 21.3. The summed E-state index contributed by atoms with van der Waals surface area (Å²) in [7, 11) is 0. The maximum absolute atomic E-state index is 12.0. The highest BCUT2D eigenvalue weighted by Crippen LogP contribution is 2.36. The Kier molecular flexibility index (Phi) is 5.65. The standard InChI is InChI=1S/C27H24ClN3O2/c1-3-31-24(16-30-27(31)32)18-7-4-9-20(13-18)33-21-10-5-8-19(14-21)25-17(2)15-29-26-22(25)11-6-12-23(26)28/h4-15,24H,3,16H2,1-2H3,(H,30,32). The maximum Gasteiger partial charge on any atom is 0.318 e. The monoisotopic (exact) mass is 457 g/mol. The van der Waals surface area contributed by atoms with Gasteiger partial charge in [0.1, 0.15) is 11.5 Å². The Hall–Kier alpha value is -3.57. The van der Waals surface area contributed by atoms with E-state index in [9.17, 15) is 4.79 Å². The van der Waals surface area contributed by atoms with Gasteiger partial charge >= 0.3 is 6.03 Å². The average molecular weight is 458 g/mol. The van der Waals surface area contributed by atoms with Crippen LogP contribution in [0.25, 0.3) is 22.0 Å². The molecule has 4 aromatic rings. The minimum atomic E-state index is -0.0263. The molecule has 0 spiro atoms. The van der Waals surface area contributed by atoms with Crippen LogP contribution in [-0.2, 0) is 0 Å². The van der Waals surface area contributed by atoms with E-state index in [4.69, 9.17) is 16.3 Å². The molecule has 33 heavy (non-hydrogen) atoms. The van der Waals surface area contributed by atoms with Gasteiger partial charge < -0.3 is 15.0 Å². The number of rotatable bonds is 5. The van der Waals surface area contributed by atoms with Gasteiger partial charge in [0.25, 0.3) is 0 Å². The fraction of sp³-hybridized carbons (Fsp3) is 0.185. The van der Waals surface area contributed by atoms with Gasteiger partial charge in [-0.1, -0.05) is 48.0 Å². The van der Waals surface area contributed by atoms with Gasteiger partial charge in [-0.05, 0) is 66.4 Å². The predicted molar refractivity (Wildman–Crippen MR) is 132 cm³/mol. The van der Waals surface area contributed by atoms with Crippen LogP contribution < -0.4 is 10.1 Å². The summed E-state index contributed by atoms with van der Waals surface area (Å²) in [6.07, 6.45) is 1.86. The van der Waals surface area contributed by atoms with E-state index in [1.165, 1.54) is 0 Å². The molecule has 0 saturated carbocycles. The van der Waals surface area contributed by atoms with Crippen molar-refractivity contribution in [3.8, 4) is 22.6 Å². The first-order valence-electron chi connectivity index (χ1n) is 11.0. The molecule has 1 saturated heterocycles. The number of nitrogens with zero attached hydrogens (tertiary/aromatic N) is 2. The van der Waals surface area contributed by atoms with Gasteiger partial charge in [-0.15, -0.1) is 0 Å². The number of likely N-dealkylation sites (N-methyl/N-ethyl adjacent to an activating group) is 1. The van der Waals surface area contributed by atoms with Gasteiger partial charge in [0.2, 0.25) is 0 Å². The van der Waals surface area contributed by atoms with E-state index in [2.05, 4.69) is 23.3 Å². The summed E-state index contributed by atoms with van der Waals surface area (Å²) in [6.45, 7) is 5.30. The van der Waals surface area contributed by atoms with Crippen molar-refractivity contribution in [2.24, 2.45) is 0 Å². The summed E-state index contributed by atoms with van der Waals surface area (Å²) >= 11 is 6.39.